The molecular weight excluding hydrogens is 546 g/mol. The van der Waals surface area contributed by atoms with E-state index in [4.69, 9.17) is 9.84 Å². The highest BCUT2D eigenvalue weighted by molar-refractivity contribution is 8.18. The number of ether oxygens (including phenoxy) is 1. The van der Waals surface area contributed by atoms with Gasteiger partial charge in [0.05, 0.1) is 27.7 Å². The molecule has 3 aliphatic heterocycles. The lowest BCUT2D eigenvalue weighted by Crippen LogP contribution is -2.47. The number of aromatic nitrogens is 2. The molecule has 6 rings (SSSR count). The van der Waals surface area contributed by atoms with Crippen molar-refractivity contribution >= 4 is 38.9 Å². The van der Waals surface area contributed by atoms with Gasteiger partial charge >= 0.3 is 0 Å². The molecule has 0 spiro atoms. The molecule has 11 heteroatoms. The zero-order chi connectivity index (χ0) is 27.9. The molecule has 2 atom stereocenters. The van der Waals surface area contributed by atoms with Crippen LogP contribution in [-0.2, 0) is 19.6 Å². The summed E-state index contributed by atoms with van der Waals surface area (Å²) in [4.78, 5) is 20.2. The molecule has 3 aromatic rings. The van der Waals surface area contributed by atoms with Crippen LogP contribution < -0.4 is 0 Å². The van der Waals surface area contributed by atoms with E-state index in [0.717, 1.165) is 18.5 Å². The Bertz CT molecular complexity index is 1580. The van der Waals surface area contributed by atoms with Gasteiger partial charge in [-0.15, -0.1) is 0 Å². The Hall–Kier alpha value is -3.25. The van der Waals surface area contributed by atoms with Gasteiger partial charge in [0.2, 0.25) is 10.0 Å². The van der Waals surface area contributed by atoms with Crippen molar-refractivity contribution in [3.8, 4) is 16.9 Å². The molecule has 1 aromatic heterocycles. The first kappa shape index (κ1) is 26.9. The van der Waals surface area contributed by atoms with E-state index in [1.54, 1.807) is 29.0 Å². The first-order valence-electron chi connectivity index (χ1n) is 13.5. The van der Waals surface area contributed by atoms with Crippen LogP contribution in [0.2, 0.25) is 0 Å². The standard InChI is InChI=1S/C29H31N5O4S2/c1-20-17-32(18-21(2)38-20)29-30-28(35)26(39-29)16-23-19-34(24-10-4-3-5-11-24)31-27(23)22-9-8-12-25(15-22)40(36,37)33-13-6-7-14-33/h3-5,8-12,15-16,19-21H,6-7,13-14,17-18H2,1-2H3. The van der Waals surface area contributed by atoms with E-state index in [1.165, 1.54) is 16.1 Å². The van der Waals surface area contributed by atoms with Gasteiger partial charge in [0.25, 0.3) is 5.91 Å². The summed E-state index contributed by atoms with van der Waals surface area (Å²) < 4.78 is 35.7. The Kier molecular flexibility index (Phi) is 7.39. The van der Waals surface area contributed by atoms with E-state index in [9.17, 15) is 13.2 Å². The number of amidine groups is 1. The molecule has 2 aromatic carbocycles. The first-order valence-corrected chi connectivity index (χ1v) is 15.7. The number of nitrogens with zero attached hydrogens (tertiary/aromatic N) is 5. The Labute approximate surface area is 238 Å². The highest BCUT2D eigenvalue weighted by atomic mass is 32.2. The van der Waals surface area contributed by atoms with Gasteiger partial charge in [-0.1, -0.05) is 30.3 Å². The highest BCUT2D eigenvalue weighted by Gasteiger charge is 2.32. The lowest BCUT2D eigenvalue weighted by atomic mass is 10.1. The minimum atomic E-state index is -3.60. The normalized spacial score (nSPS) is 23.2. The number of sulfonamides is 1. The molecule has 2 fully saturated rings. The van der Waals surface area contributed by atoms with Gasteiger partial charge in [0, 0.05) is 43.5 Å². The van der Waals surface area contributed by atoms with Gasteiger partial charge in [0.1, 0.15) is 5.69 Å². The van der Waals surface area contributed by atoms with Crippen molar-refractivity contribution in [2.45, 2.75) is 43.8 Å². The molecule has 0 radical (unpaired) electrons. The predicted octanol–water partition coefficient (Wildman–Crippen LogP) is 4.40. The summed E-state index contributed by atoms with van der Waals surface area (Å²) >= 11 is 1.35. The van der Waals surface area contributed by atoms with Crippen molar-refractivity contribution in [2.75, 3.05) is 26.2 Å². The summed E-state index contributed by atoms with van der Waals surface area (Å²) in [5, 5.41) is 5.52. The topological polar surface area (TPSA) is 97.1 Å². The number of morpholine rings is 1. The summed E-state index contributed by atoms with van der Waals surface area (Å²) in [7, 11) is -3.60. The number of para-hydroxylation sites is 1. The SMILES string of the molecule is CC1CN(C2=NC(=O)C(=Cc3cn(-c4ccccc4)nc3-c3cccc(S(=O)(=O)N4CCCC4)c3)S2)CC(C)O1. The number of carbonyl (C=O) groups excluding carboxylic acids is 1. The summed E-state index contributed by atoms with van der Waals surface area (Å²) in [5.41, 5.74) is 2.81. The van der Waals surface area contributed by atoms with Crippen LogP contribution in [0.15, 0.2) is 75.6 Å². The molecule has 2 saturated heterocycles. The zero-order valence-corrected chi connectivity index (χ0v) is 24.1. The van der Waals surface area contributed by atoms with E-state index in [-0.39, 0.29) is 23.0 Å². The minimum absolute atomic E-state index is 0.0509. The number of benzene rings is 2. The van der Waals surface area contributed by atoms with Crippen LogP contribution in [0, 0.1) is 0 Å². The molecular formula is C29H31N5O4S2. The maximum atomic E-state index is 13.3. The summed E-state index contributed by atoms with van der Waals surface area (Å²) in [5.74, 6) is -0.296. The van der Waals surface area contributed by atoms with Crippen LogP contribution in [-0.4, -0.2) is 76.9 Å². The van der Waals surface area contributed by atoms with Crippen LogP contribution in [0.5, 0.6) is 0 Å². The average molecular weight is 578 g/mol. The predicted molar refractivity (Wildman–Crippen MR) is 157 cm³/mol. The van der Waals surface area contributed by atoms with Crippen molar-refractivity contribution < 1.29 is 17.9 Å². The number of rotatable bonds is 5. The van der Waals surface area contributed by atoms with E-state index >= 15 is 0 Å². The summed E-state index contributed by atoms with van der Waals surface area (Å²) in [6.07, 6.45) is 5.52. The average Bonchev–Trinajstić information content (AvgIpc) is 3.70. The lowest BCUT2D eigenvalue weighted by Gasteiger charge is -2.35. The van der Waals surface area contributed by atoms with Crippen LogP contribution in [0.25, 0.3) is 23.0 Å². The van der Waals surface area contributed by atoms with Crippen LogP contribution in [0.1, 0.15) is 32.3 Å². The van der Waals surface area contributed by atoms with Crippen molar-refractivity contribution in [1.29, 1.82) is 0 Å². The smallest absolute Gasteiger partial charge is 0.286 e. The number of thioether (sulfide) groups is 1. The molecule has 1 amide bonds. The maximum Gasteiger partial charge on any atom is 0.286 e. The molecule has 3 aliphatic rings. The van der Waals surface area contributed by atoms with E-state index in [1.807, 2.05) is 56.4 Å². The third-order valence-corrected chi connectivity index (χ3v) is 10.1. The fraction of sp³-hybridized carbons (Fsp3) is 0.345. The molecule has 9 nitrogen and oxygen atoms in total. The van der Waals surface area contributed by atoms with Crippen LogP contribution in [0.3, 0.4) is 0 Å². The quantitative estimate of drug-likeness (QED) is 0.415. The minimum Gasteiger partial charge on any atom is -0.372 e. The van der Waals surface area contributed by atoms with Gasteiger partial charge in [-0.3, -0.25) is 4.79 Å². The molecule has 0 saturated carbocycles. The number of hydrogen-bond donors (Lipinski definition) is 0. The Morgan fingerprint density at radius 2 is 1.73 bits per heavy atom. The number of aliphatic imine (C=N–C) groups is 1. The van der Waals surface area contributed by atoms with Gasteiger partial charge in [-0.25, -0.2) is 13.1 Å². The Balaban J connectivity index is 1.37. The third-order valence-electron chi connectivity index (χ3n) is 7.16. The lowest BCUT2D eigenvalue weighted by molar-refractivity contribution is -0.113. The summed E-state index contributed by atoms with van der Waals surface area (Å²) in [6.45, 7) is 6.45. The summed E-state index contributed by atoms with van der Waals surface area (Å²) in [6, 6.07) is 16.6. The molecule has 40 heavy (non-hydrogen) atoms. The second-order valence-electron chi connectivity index (χ2n) is 10.3. The first-order chi connectivity index (χ1) is 19.3. The fourth-order valence-electron chi connectivity index (χ4n) is 5.32. The van der Waals surface area contributed by atoms with Crippen molar-refractivity contribution in [2.24, 2.45) is 4.99 Å². The monoisotopic (exact) mass is 577 g/mol. The Morgan fingerprint density at radius 3 is 2.45 bits per heavy atom. The molecule has 4 heterocycles. The number of amides is 1. The highest BCUT2D eigenvalue weighted by Crippen LogP contribution is 2.35. The second kappa shape index (κ2) is 11.0. The zero-order valence-electron chi connectivity index (χ0n) is 22.4. The largest absolute Gasteiger partial charge is 0.372 e. The third kappa shape index (κ3) is 5.38. The Morgan fingerprint density at radius 1 is 1.00 bits per heavy atom. The van der Waals surface area contributed by atoms with Crippen LogP contribution >= 0.6 is 11.8 Å². The molecule has 0 aliphatic carbocycles. The van der Waals surface area contributed by atoms with E-state index in [0.29, 0.717) is 53.1 Å². The van der Waals surface area contributed by atoms with Gasteiger partial charge in [-0.2, -0.15) is 14.4 Å². The van der Waals surface area contributed by atoms with E-state index < -0.39 is 10.0 Å². The van der Waals surface area contributed by atoms with Crippen molar-refractivity contribution in [3.05, 3.63) is 71.3 Å². The fourth-order valence-corrected chi connectivity index (χ4v) is 7.81. The van der Waals surface area contributed by atoms with E-state index in [2.05, 4.69) is 9.89 Å². The second-order valence-corrected chi connectivity index (χ2v) is 13.3. The van der Waals surface area contributed by atoms with Gasteiger partial charge < -0.3 is 9.64 Å². The van der Waals surface area contributed by atoms with Gasteiger partial charge in [0.15, 0.2) is 5.17 Å². The van der Waals surface area contributed by atoms with Gasteiger partial charge in [-0.05, 0) is 68.8 Å². The number of carbonyl (C=O) groups is 1. The van der Waals surface area contributed by atoms with Crippen molar-refractivity contribution in [1.82, 2.24) is 19.0 Å². The molecule has 208 valence electrons. The number of hydrogen-bond acceptors (Lipinski definition) is 7. The van der Waals surface area contributed by atoms with Crippen molar-refractivity contribution in [3.63, 3.8) is 0 Å². The molecule has 0 bridgehead atoms. The molecule has 0 N–H and O–H groups in total. The maximum absolute atomic E-state index is 13.3. The molecule has 2 unspecified atom stereocenters. The van der Waals surface area contributed by atoms with Crippen LogP contribution in [0.4, 0.5) is 0 Å².